The van der Waals surface area contributed by atoms with Crippen LogP contribution in [0.5, 0.6) is 0 Å². The maximum atomic E-state index is 13.5. The van der Waals surface area contributed by atoms with Crippen LogP contribution >= 0.6 is 11.3 Å². The lowest BCUT2D eigenvalue weighted by molar-refractivity contribution is -0.113. The SMILES string of the molecule is CC(C)c1ccc(N(C(=O)/C=C/c2cccc(F)c2)c2nc3ccccc3s2)cc1. The molecule has 150 valence electrons. The van der Waals surface area contributed by atoms with Crippen molar-refractivity contribution in [3.05, 3.63) is 95.8 Å². The van der Waals surface area contributed by atoms with Crippen molar-refractivity contribution in [3.8, 4) is 0 Å². The number of aromatic nitrogens is 1. The van der Waals surface area contributed by atoms with Crippen LogP contribution in [0.15, 0.2) is 78.9 Å². The van der Waals surface area contributed by atoms with Crippen LogP contribution in [0, 0.1) is 5.82 Å². The van der Waals surface area contributed by atoms with Gasteiger partial charge in [0.05, 0.1) is 15.9 Å². The molecule has 4 aromatic rings. The van der Waals surface area contributed by atoms with Crippen LogP contribution in [0.1, 0.15) is 30.9 Å². The van der Waals surface area contributed by atoms with Crippen LogP contribution in [-0.2, 0) is 4.79 Å². The molecule has 0 radical (unpaired) electrons. The second kappa shape index (κ2) is 8.59. The number of hydrogen-bond acceptors (Lipinski definition) is 3. The minimum absolute atomic E-state index is 0.240. The third kappa shape index (κ3) is 4.31. The summed E-state index contributed by atoms with van der Waals surface area (Å²) in [7, 11) is 0. The van der Waals surface area contributed by atoms with Gasteiger partial charge in [0.2, 0.25) is 0 Å². The first-order chi connectivity index (χ1) is 14.5. The molecule has 0 spiro atoms. The number of amides is 1. The maximum Gasteiger partial charge on any atom is 0.257 e. The van der Waals surface area contributed by atoms with Crippen molar-refractivity contribution in [3.63, 3.8) is 0 Å². The number of rotatable bonds is 5. The highest BCUT2D eigenvalue weighted by Gasteiger charge is 2.20. The molecule has 3 aromatic carbocycles. The Morgan fingerprint density at radius 1 is 1.03 bits per heavy atom. The number of anilines is 2. The molecule has 0 atom stereocenters. The fourth-order valence-corrected chi connectivity index (χ4v) is 4.14. The highest BCUT2D eigenvalue weighted by molar-refractivity contribution is 7.22. The largest absolute Gasteiger partial charge is 0.269 e. The minimum Gasteiger partial charge on any atom is -0.269 e. The molecule has 0 unspecified atom stereocenters. The first kappa shape index (κ1) is 20.0. The third-order valence-electron chi connectivity index (χ3n) is 4.78. The second-order valence-electron chi connectivity index (χ2n) is 7.27. The summed E-state index contributed by atoms with van der Waals surface area (Å²) in [6.45, 7) is 4.26. The lowest BCUT2D eigenvalue weighted by Gasteiger charge is -2.19. The van der Waals surface area contributed by atoms with E-state index in [9.17, 15) is 9.18 Å². The number of halogens is 1. The van der Waals surface area contributed by atoms with Gasteiger partial charge in [-0.25, -0.2) is 9.37 Å². The lowest BCUT2D eigenvalue weighted by Crippen LogP contribution is -2.23. The molecule has 0 bridgehead atoms. The van der Waals surface area contributed by atoms with E-state index in [1.807, 2.05) is 48.5 Å². The van der Waals surface area contributed by atoms with Crippen LogP contribution in [0.25, 0.3) is 16.3 Å². The van der Waals surface area contributed by atoms with Crippen LogP contribution < -0.4 is 4.90 Å². The van der Waals surface area contributed by atoms with Gasteiger partial charge in [-0.05, 0) is 59.5 Å². The number of para-hydroxylation sites is 1. The fraction of sp³-hybridized carbons (Fsp3) is 0.120. The number of benzene rings is 3. The molecule has 0 N–H and O–H groups in total. The summed E-state index contributed by atoms with van der Waals surface area (Å²) >= 11 is 1.46. The van der Waals surface area contributed by atoms with Gasteiger partial charge in [-0.15, -0.1) is 0 Å². The van der Waals surface area contributed by atoms with E-state index in [-0.39, 0.29) is 11.7 Å². The van der Waals surface area contributed by atoms with Crippen LogP contribution in [0.2, 0.25) is 0 Å². The van der Waals surface area contributed by atoms with Gasteiger partial charge in [0.25, 0.3) is 5.91 Å². The van der Waals surface area contributed by atoms with E-state index in [1.54, 1.807) is 23.1 Å². The summed E-state index contributed by atoms with van der Waals surface area (Å²) in [5, 5.41) is 0.599. The molecule has 1 aromatic heterocycles. The van der Waals surface area contributed by atoms with Crippen molar-refractivity contribution in [2.24, 2.45) is 0 Å². The standard InChI is InChI=1S/C25H21FN2OS/c1-17(2)19-11-13-21(14-12-19)28(25-27-22-8-3-4-9-23(22)30-25)24(29)15-10-18-6-5-7-20(26)16-18/h3-17H,1-2H3/b15-10+. The molecular formula is C25H21FN2OS. The molecule has 0 aliphatic rings. The van der Waals surface area contributed by atoms with Crippen molar-refractivity contribution < 1.29 is 9.18 Å². The zero-order valence-electron chi connectivity index (χ0n) is 16.7. The zero-order valence-corrected chi connectivity index (χ0v) is 17.6. The van der Waals surface area contributed by atoms with E-state index in [4.69, 9.17) is 0 Å². The van der Waals surface area contributed by atoms with Gasteiger partial charge in [-0.2, -0.15) is 0 Å². The first-order valence-corrected chi connectivity index (χ1v) is 10.6. The van der Waals surface area contributed by atoms with E-state index < -0.39 is 0 Å². The minimum atomic E-state index is -0.336. The van der Waals surface area contributed by atoms with Crippen molar-refractivity contribution in [2.45, 2.75) is 19.8 Å². The Labute approximate surface area is 179 Å². The summed E-state index contributed by atoms with van der Waals surface area (Å²) in [5.74, 6) is -0.175. The normalized spacial score (nSPS) is 11.5. The van der Waals surface area contributed by atoms with Gasteiger partial charge in [0.15, 0.2) is 5.13 Å². The zero-order chi connectivity index (χ0) is 21.1. The van der Waals surface area contributed by atoms with Gasteiger partial charge in [-0.3, -0.25) is 9.69 Å². The van der Waals surface area contributed by atoms with Crippen molar-refractivity contribution in [1.29, 1.82) is 0 Å². The Morgan fingerprint density at radius 3 is 2.50 bits per heavy atom. The van der Waals surface area contributed by atoms with E-state index in [0.29, 0.717) is 16.6 Å². The number of carbonyl (C=O) groups is 1. The van der Waals surface area contributed by atoms with E-state index in [1.165, 1.54) is 35.1 Å². The van der Waals surface area contributed by atoms with Crippen LogP contribution in [0.3, 0.4) is 0 Å². The molecule has 0 aliphatic carbocycles. The van der Waals surface area contributed by atoms with E-state index in [2.05, 4.69) is 18.8 Å². The molecule has 3 nitrogen and oxygen atoms in total. The van der Waals surface area contributed by atoms with Crippen LogP contribution in [0.4, 0.5) is 15.2 Å². The van der Waals surface area contributed by atoms with Crippen molar-refractivity contribution in [2.75, 3.05) is 4.90 Å². The average Bonchev–Trinajstić information content (AvgIpc) is 3.16. The lowest BCUT2D eigenvalue weighted by atomic mass is 10.0. The summed E-state index contributed by atoms with van der Waals surface area (Å²) in [5.41, 5.74) is 3.42. The number of fused-ring (bicyclic) bond motifs is 1. The van der Waals surface area contributed by atoms with Crippen molar-refractivity contribution in [1.82, 2.24) is 4.98 Å². The molecule has 0 saturated heterocycles. The third-order valence-corrected chi connectivity index (χ3v) is 5.80. The molecular weight excluding hydrogens is 395 g/mol. The van der Waals surface area contributed by atoms with Gasteiger partial charge in [-0.1, -0.05) is 61.6 Å². The van der Waals surface area contributed by atoms with Gasteiger partial charge in [0, 0.05) is 6.08 Å². The average molecular weight is 417 g/mol. The van der Waals surface area contributed by atoms with E-state index in [0.717, 1.165) is 15.9 Å². The summed E-state index contributed by atoms with van der Waals surface area (Å²) < 4.78 is 14.5. The monoisotopic (exact) mass is 416 g/mol. The molecule has 0 saturated carbocycles. The number of nitrogens with zero attached hydrogens (tertiary/aromatic N) is 2. The van der Waals surface area contributed by atoms with Crippen molar-refractivity contribution >= 4 is 44.4 Å². The van der Waals surface area contributed by atoms with E-state index >= 15 is 0 Å². The predicted molar refractivity (Wildman–Crippen MR) is 123 cm³/mol. The second-order valence-corrected chi connectivity index (χ2v) is 8.28. The number of hydrogen-bond donors (Lipinski definition) is 0. The fourth-order valence-electron chi connectivity index (χ4n) is 3.15. The van der Waals surface area contributed by atoms with Gasteiger partial charge in [0.1, 0.15) is 5.82 Å². The quantitative estimate of drug-likeness (QED) is 0.330. The molecule has 0 fully saturated rings. The Kier molecular flexibility index (Phi) is 5.72. The number of carbonyl (C=O) groups excluding carboxylic acids is 1. The predicted octanol–water partition coefficient (Wildman–Crippen LogP) is 6.94. The topological polar surface area (TPSA) is 33.2 Å². The summed E-state index contributed by atoms with van der Waals surface area (Å²) in [4.78, 5) is 19.5. The molecule has 1 heterocycles. The Balaban J connectivity index is 1.73. The highest BCUT2D eigenvalue weighted by Crippen LogP contribution is 2.34. The Bertz CT molecular complexity index is 1180. The maximum absolute atomic E-state index is 13.5. The summed E-state index contributed by atoms with van der Waals surface area (Å²) in [6.07, 6.45) is 3.07. The molecule has 0 aliphatic heterocycles. The molecule has 1 amide bonds. The van der Waals surface area contributed by atoms with Crippen LogP contribution in [-0.4, -0.2) is 10.9 Å². The summed E-state index contributed by atoms with van der Waals surface area (Å²) in [6, 6.07) is 21.9. The van der Waals surface area contributed by atoms with Gasteiger partial charge >= 0.3 is 0 Å². The number of thiazole rings is 1. The Hall–Kier alpha value is -3.31. The molecule has 5 heteroatoms. The highest BCUT2D eigenvalue weighted by atomic mass is 32.1. The molecule has 30 heavy (non-hydrogen) atoms. The Morgan fingerprint density at radius 2 is 1.80 bits per heavy atom. The smallest absolute Gasteiger partial charge is 0.257 e. The van der Waals surface area contributed by atoms with Gasteiger partial charge < -0.3 is 0 Å². The molecule has 4 rings (SSSR count). The first-order valence-electron chi connectivity index (χ1n) is 9.74.